The highest BCUT2D eigenvalue weighted by atomic mass is 31.2. The number of aromatic nitrogens is 4. The van der Waals surface area contributed by atoms with Crippen molar-refractivity contribution >= 4 is 24.9 Å². The molecule has 1 saturated heterocycles. The quantitative estimate of drug-likeness (QED) is 0.144. The Morgan fingerprint density at radius 2 is 1.94 bits per heavy atom. The van der Waals surface area contributed by atoms with Crippen LogP contribution in [0.25, 0.3) is 21.6 Å². The van der Waals surface area contributed by atoms with Gasteiger partial charge in [-0.25, -0.2) is 14.5 Å². The molecule has 4 atom stereocenters. The van der Waals surface area contributed by atoms with E-state index in [-0.39, 0.29) is 17.1 Å². The van der Waals surface area contributed by atoms with Gasteiger partial charge in [0.05, 0.1) is 12.9 Å². The predicted molar refractivity (Wildman–Crippen MR) is 114 cm³/mol. The molecule has 0 spiro atoms. The molecule has 1 aliphatic rings. The van der Waals surface area contributed by atoms with Crippen LogP contribution in [0.1, 0.15) is 27.0 Å². The number of aromatic amines is 1. The maximum Gasteiger partial charge on any atom is 0.469 e. The highest BCUT2D eigenvalue weighted by Gasteiger charge is 2.46. The fourth-order valence-electron chi connectivity index (χ4n) is 3.18. The number of imidazole rings is 1. The summed E-state index contributed by atoms with van der Waals surface area (Å²) in [6, 6.07) is 0. The Balaban J connectivity index is 0.000000479. The number of phosphoric ester groups is 1. The Hall–Kier alpha value is -2.39. The van der Waals surface area contributed by atoms with Gasteiger partial charge in [0.2, 0.25) is 5.95 Å². The van der Waals surface area contributed by atoms with Crippen LogP contribution in [-0.4, -0.2) is 89.0 Å². The number of azide groups is 1. The zero-order valence-corrected chi connectivity index (χ0v) is 19.1. The maximum absolute atomic E-state index is 11.8. The summed E-state index contributed by atoms with van der Waals surface area (Å²) < 4.78 is 21.4. The monoisotopic (exact) mass is 490 g/mol. The third-order valence-corrected chi connectivity index (χ3v) is 5.42. The molecule has 33 heavy (non-hydrogen) atoms. The summed E-state index contributed by atoms with van der Waals surface area (Å²) in [5, 5.41) is 23.6. The number of rotatable bonds is 8. The summed E-state index contributed by atoms with van der Waals surface area (Å²) in [5.41, 5.74) is 7.73. The minimum atomic E-state index is -4.83. The molecule has 0 radical (unpaired) electrons. The van der Waals surface area contributed by atoms with Crippen molar-refractivity contribution < 1.29 is 33.8 Å². The van der Waals surface area contributed by atoms with Gasteiger partial charge in [0.25, 0.3) is 5.56 Å². The van der Waals surface area contributed by atoms with Crippen LogP contribution in [0.2, 0.25) is 0 Å². The first-order valence-corrected chi connectivity index (χ1v) is 11.6. The second kappa shape index (κ2) is 11.7. The van der Waals surface area contributed by atoms with Crippen molar-refractivity contribution in [2.24, 2.45) is 5.11 Å². The number of aliphatic hydroxyl groups excluding tert-OH is 2. The van der Waals surface area contributed by atoms with Crippen molar-refractivity contribution in [3.05, 3.63) is 27.1 Å². The van der Waals surface area contributed by atoms with Crippen LogP contribution in [0.4, 0.5) is 5.95 Å². The van der Waals surface area contributed by atoms with Gasteiger partial charge in [-0.15, -0.1) is 0 Å². The maximum atomic E-state index is 11.8. The molecule has 1 aliphatic heterocycles. The van der Waals surface area contributed by atoms with Crippen LogP contribution in [0.5, 0.6) is 0 Å². The fourth-order valence-corrected chi connectivity index (χ4v) is 3.52. The van der Waals surface area contributed by atoms with Crippen molar-refractivity contribution in [2.45, 2.75) is 45.3 Å². The molecule has 16 nitrogen and oxygen atoms in total. The number of nitrogens with one attached hydrogen (secondary N) is 1. The molecular weight excluding hydrogens is 463 g/mol. The van der Waals surface area contributed by atoms with Gasteiger partial charge in [0, 0.05) is 4.91 Å². The van der Waals surface area contributed by atoms with Gasteiger partial charge >= 0.3 is 7.82 Å². The SMILES string of the molecule is CCN(CC)CC.[N-]=[N+]=Nc1nc2c(=O)[nH]cnc2n1[C@@H]1O[C@H](COP(=O)(O)O)[C@@H](O)[C@H]1O. The molecule has 2 aromatic rings. The van der Waals surface area contributed by atoms with Crippen molar-refractivity contribution in [3.63, 3.8) is 0 Å². The van der Waals surface area contributed by atoms with Gasteiger partial charge in [-0.1, -0.05) is 20.8 Å². The van der Waals surface area contributed by atoms with Gasteiger partial charge in [-0.2, -0.15) is 0 Å². The summed E-state index contributed by atoms with van der Waals surface area (Å²) in [5.74, 6) is -0.362. The molecule has 0 aliphatic carbocycles. The topological polar surface area (TPSA) is 232 Å². The average molecular weight is 490 g/mol. The van der Waals surface area contributed by atoms with Crippen LogP contribution in [0, 0.1) is 0 Å². The Bertz CT molecular complexity index is 1070. The Labute approximate surface area is 187 Å². The van der Waals surface area contributed by atoms with Crippen LogP contribution < -0.4 is 5.56 Å². The van der Waals surface area contributed by atoms with Crippen LogP contribution in [0.3, 0.4) is 0 Å². The number of aliphatic hydroxyl groups is 2. The van der Waals surface area contributed by atoms with Crippen molar-refractivity contribution in [1.29, 1.82) is 0 Å². The van der Waals surface area contributed by atoms with Crippen molar-refractivity contribution in [3.8, 4) is 0 Å². The molecule has 0 aromatic carbocycles. The molecule has 3 rings (SSSR count). The lowest BCUT2D eigenvalue weighted by atomic mass is 10.1. The first-order chi connectivity index (χ1) is 15.6. The standard InChI is InChI=1S/C10H12N7O8P.C6H15N/c11-16-15-10-14-4-7(12-2-13-8(4)20)17(10)9-6(19)5(18)3(25-9)1-24-26(21,22)23;1-4-7(5-2)6-3/h2-3,5-6,9,18-19H,1H2,(H,12,13,20)(H2,21,22,23);4-6H2,1-3H3/t3-,5-,6-,9-;/m1./s1. The van der Waals surface area contributed by atoms with Crippen molar-refractivity contribution in [1.82, 2.24) is 24.4 Å². The van der Waals surface area contributed by atoms with Gasteiger partial charge in [0.1, 0.15) is 18.3 Å². The number of phosphoric acid groups is 1. The second-order valence-electron chi connectivity index (χ2n) is 6.83. The van der Waals surface area contributed by atoms with E-state index in [1.165, 1.54) is 19.6 Å². The Morgan fingerprint density at radius 3 is 2.45 bits per heavy atom. The second-order valence-corrected chi connectivity index (χ2v) is 8.07. The average Bonchev–Trinajstić information content (AvgIpc) is 3.26. The molecule has 184 valence electrons. The zero-order valence-electron chi connectivity index (χ0n) is 18.2. The van der Waals surface area contributed by atoms with E-state index in [1.54, 1.807) is 0 Å². The zero-order chi connectivity index (χ0) is 24.8. The van der Waals surface area contributed by atoms with E-state index in [1.807, 2.05) is 0 Å². The van der Waals surface area contributed by atoms with Crippen LogP contribution in [0.15, 0.2) is 16.2 Å². The van der Waals surface area contributed by atoms with Gasteiger partial charge in [0.15, 0.2) is 17.4 Å². The van der Waals surface area contributed by atoms with E-state index >= 15 is 0 Å². The third-order valence-electron chi connectivity index (χ3n) is 4.94. The number of hydrogen-bond acceptors (Lipinski definition) is 10. The highest BCUT2D eigenvalue weighted by molar-refractivity contribution is 7.46. The molecule has 5 N–H and O–H groups in total. The van der Waals surface area contributed by atoms with Crippen molar-refractivity contribution in [2.75, 3.05) is 26.2 Å². The summed E-state index contributed by atoms with van der Waals surface area (Å²) in [7, 11) is -4.83. The molecule has 0 saturated carbocycles. The minimum Gasteiger partial charge on any atom is -0.387 e. The predicted octanol–water partition coefficient (Wildman–Crippen LogP) is 0.138. The number of fused-ring (bicyclic) bond motifs is 1. The lowest BCUT2D eigenvalue weighted by Gasteiger charge is -2.17. The van der Waals surface area contributed by atoms with Crippen LogP contribution in [-0.2, 0) is 13.8 Å². The molecule has 0 amide bonds. The Morgan fingerprint density at radius 1 is 1.30 bits per heavy atom. The Kier molecular flexibility index (Phi) is 9.48. The van der Waals surface area contributed by atoms with E-state index < -0.39 is 44.5 Å². The summed E-state index contributed by atoms with van der Waals surface area (Å²) >= 11 is 0. The summed E-state index contributed by atoms with van der Waals surface area (Å²) in [6.45, 7) is 9.40. The lowest BCUT2D eigenvalue weighted by molar-refractivity contribution is -0.0495. The van der Waals surface area contributed by atoms with E-state index in [0.29, 0.717) is 0 Å². The van der Waals surface area contributed by atoms with E-state index in [4.69, 9.17) is 20.1 Å². The number of ether oxygens (including phenoxy) is 1. The number of H-pyrrole nitrogens is 1. The first-order valence-electron chi connectivity index (χ1n) is 10.0. The number of nitrogens with zero attached hydrogens (tertiary/aromatic N) is 7. The van der Waals surface area contributed by atoms with Gasteiger partial charge in [-0.3, -0.25) is 13.9 Å². The molecule has 17 heteroatoms. The smallest absolute Gasteiger partial charge is 0.387 e. The molecule has 0 bridgehead atoms. The normalized spacial score (nSPS) is 22.8. The van der Waals surface area contributed by atoms with Gasteiger partial charge in [-0.05, 0) is 30.3 Å². The largest absolute Gasteiger partial charge is 0.469 e. The fraction of sp³-hybridized carbons (Fsp3) is 0.688. The third kappa shape index (κ3) is 6.57. The molecule has 2 aromatic heterocycles. The number of hydrogen-bond donors (Lipinski definition) is 5. The van der Waals surface area contributed by atoms with E-state index in [2.05, 4.69) is 55.2 Å². The molecular formula is C16H27N8O8P. The highest BCUT2D eigenvalue weighted by Crippen LogP contribution is 2.39. The van der Waals surface area contributed by atoms with E-state index in [9.17, 15) is 19.6 Å². The summed E-state index contributed by atoms with van der Waals surface area (Å²) in [6.07, 6.45) is -4.89. The first kappa shape index (κ1) is 26.9. The molecule has 1 fully saturated rings. The summed E-state index contributed by atoms with van der Waals surface area (Å²) in [4.78, 5) is 44.2. The lowest BCUT2D eigenvalue weighted by Crippen LogP contribution is -2.33. The molecule has 3 heterocycles. The van der Waals surface area contributed by atoms with Gasteiger partial charge < -0.3 is 34.6 Å². The van der Waals surface area contributed by atoms with Crippen LogP contribution >= 0.6 is 7.82 Å². The minimum absolute atomic E-state index is 0.0936. The van der Waals surface area contributed by atoms with E-state index in [0.717, 1.165) is 10.9 Å². The molecule has 0 unspecified atom stereocenters.